The summed E-state index contributed by atoms with van der Waals surface area (Å²) in [5, 5.41) is 12.6. The molecule has 2 aromatic rings. The summed E-state index contributed by atoms with van der Waals surface area (Å²) in [5.41, 5.74) is 0.932. The Bertz CT molecular complexity index is 869. The van der Waals surface area contributed by atoms with Crippen molar-refractivity contribution < 1.29 is 9.59 Å². The van der Waals surface area contributed by atoms with Gasteiger partial charge in [0.2, 0.25) is 17.6 Å². The Morgan fingerprint density at radius 1 is 0.812 bits per heavy atom. The first-order valence-corrected chi connectivity index (χ1v) is 11.8. The van der Waals surface area contributed by atoms with Crippen LogP contribution in [0.25, 0.3) is 11.4 Å². The molecule has 0 radical (unpaired) electrons. The van der Waals surface area contributed by atoms with E-state index in [4.69, 9.17) is 0 Å². The third kappa shape index (κ3) is 6.12. The molecule has 2 aliphatic rings. The van der Waals surface area contributed by atoms with Crippen LogP contribution in [-0.4, -0.2) is 92.5 Å². The fourth-order valence-corrected chi connectivity index (χ4v) is 4.34. The Morgan fingerprint density at radius 2 is 1.50 bits per heavy atom. The zero-order chi connectivity index (χ0) is 22.2. The molecule has 0 N–H and O–H groups in total. The van der Waals surface area contributed by atoms with Crippen molar-refractivity contribution >= 4 is 11.8 Å². The van der Waals surface area contributed by atoms with Crippen LogP contribution in [0.5, 0.6) is 0 Å². The minimum Gasteiger partial charge on any atom is -0.342 e. The van der Waals surface area contributed by atoms with Gasteiger partial charge in [-0.2, -0.15) is 4.80 Å². The molecule has 2 saturated heterocycles. The summed E-state index contributed by atoms with van der Waals surface area (Å²) in [5.74, 6) is 0.997. The molecular formula is C23H33N7O2. The zero-order valence-electron chi connectivity index (χ0n) is 18.7. The number of rotatable bonds is 7. The van der Waals surface area contributed by atoms with E-state index in [-0.39, 0.29) is 11.8 Å². The lowest BCUT2D eigenvalue weighted by Gasteiger charge is -2.35. The lowest BCUT2D eigenvalue weighted by atomic mass is 10.2. The van der Waals surface area contributed by atoms with E-state index in [2.05, 4.69) is 20.3 Å². The highest BCUT2D eigenvalue weighted by Crippen LogP contribution is 2.13. The number of piperazine rings is 1. The lowest BCUT2D eigenvalue weighted by molar-refractivity contribution is -0.135. The van der Waals surface area contributed by atoms with Crippen LogP contribution in [0.3, 0.4) is 0 Å². The average Bonchev–Trinajstić information content (AvgIpc) is 3.12. The first-order chi connectivity index (χ1) is 15.7. The highest BCUT2D eigenvalue weighted by molar-refractivity contribution is 5.78. The van der Waals surface area contributed by atoms with Gasteiger partial charge in [-0.25, -0.2) is 0 Å². The molecule has 2 aliphatic heterocycles. The Balaban J connectivity index is 1.15. The van der Waals surface area contributed by atoms with Gasteiger partial charge in [-0.3, -0.25) is 14.5 Å². The fraction of sp³-hybridized carbons (Fsp3) is 0.609. The number of carbonyl (C=O) groups excluding carboxylic acids is 2. The van der Waals surface area contributed by atoms with Crippen molar-refractivity contribution in [2.45, 2.75) is 45.1 Å². The molecule has 9 nitrogen and oxygen atoms in total. The molecule has 0 spiro atoms. The topological polar surface area (TPSA) is 87.5 Å². The Labute approximate surface area is 189 Å². The minimum absolute atomic E-state index is 0.159. The van der Waals surface area contributed by atoms with E-state index in [0.29, 0.717) is 44.8 Å². The van der Waals surface area contributed by atoms with E-state index in [1.54, 1.807) is 4.80 Å². The predicted octanol–water partition coefficient (Wildman–Crippen LogP) is 1.67. The fourth-order valence-electron chi connectivity index (χ4n) is 4.34. The maximum absolute atomic E-state index is 12.6. The largest absolute Gasteiger partial charge is 0.342 e. The van der Waals surface area contributed by atoms with Crippen molar-refractivity contribution in [2.24, 2.45) is 0 Å². The van der Waals surface area contributed by atoms with Crippen LogP contribution in [-0.2, 0) is 16.1 Å². The molecule has 2 fully saturated rings. The van der Waals surface area contributed by atoms with Crippen molar-refractivity contribution in [3.05, 3.63) is 30.3 Å². The van der Waals surface area contributed by atoms with Crippen molar-refractivity contribution in [2.75, 3.05) is 45.8 Å². The summed E-state index contributed by atoms with van der Waals surface area (Å²) in [4.78, 5) is 32.9. The van der Waals surface area contributed by atoms with Gasteiger partial charge in [-0.05, 0) is 24.5 Å². The number of likely N-dealkylation sites (tertiary alicyclic amines) is 1. The molecule has 3 heterocycles. The molecule has 9 heteroatoms. The molecular weight excluding hydrogens is 406 g/mol. The van der Waals surface area contributed by atoms with E-state index >= 15 is 0 Å². The summed E-state index contributed by atoms with van der Waals surface area (Å²) < 4.78 is 0. The van der Waals surface area contributed by atoms with E-state index < -0.39 is 0 Å². The van der Waals surface area contributed by atoms with Crippen molar-refractivity contribution in [1.29, 1.82) is 0 Å². The Morgan fingerprint density at radius 3 is 2.22 bits per heavy atom. The Kier molecular flexibility index (Phi) is 7.82. The molecule has 1 aromatic heterocycles. The van der Waals surface area contributed by atoms with Gasteiger partial charge < -0.3 is 9.80 Å². The van der Waals surface area contributed by atoms with E-state index in [1.807, 2.05) is 40.1 Å². The van der Waals surface area contributed by atoms with Crippen LogP contribution >= 0.6 is 0 Å². The number of amides is 2. The predicted molar refractivity (Wildman–Crippen MR) is 121 cm³/mol. The second-order valence-electron chi connectivity index (χ2n) is 8.63. The molecule has 1 aromatic carbocycles. The highest BCUT2D eigenvalue weighted by Gasteiger charge is 2.24. The van der Waals surface area contributed by atoms with E-state index in [9.17, 15) is 9.59 Å². The van der Waals surface area contributed by atoms with Gasteiger partial charge in [0.25, 0.3) is 0 Å². The Hall–Kier alpha value is -2.81. The number of nitrogens with zero attached hydrogens (tertiary/aromatic N) is 7. The van der Waals surface area contributed by atoms with Crippen LogP contribution in [0, 0.1) is 0 Å². The van der Waals surface area contributed by atoms with Crippen LogP contribution < -0.4 is 0 Å². The maximum atomic E-state index is 12.6. The number of hydrogen-bond acceptors (Lipinski definition) is 6. The first kappa shape index (κ1) is 22.4. The van der Waals surface area contributed by atoms with Crippen LogP contribution in [0.1, 0.15) is 38.5 Å². The quantitative estimate of drug-likeness (QED) is 0.652. The monoisotopic (exact) mass is 439 g/mol. The van der Waals surface area contributed by atoms with Crippen LogP contribution in [0.15, 0.2) is 30.3 Å². The van der Waals surface area contributed by atoms with Gasteiger partial charge in [0.05, 0.1) is 13.1 Å². The third-order valence-corrected chi connectivity index (χ3v) is 6.28. The molecule has 4 rings (SSSR count). The summed E-state index contributed by atoms with van der Waals surface area (Å²) >= 11 is 0. The maximum Gasteiger partial charge on any atom is 0.236 e. The molecule has 0 unspecified atom stereocenters. The van der Waals surface area contributed by atoms with Gasteiger partial charge in [-0.1, -0.05) is 43.2 Å². The molecule has 0 aliphatic carbocycles. The molecule has 0 bridgehead atoms. The molecule has 172 valence electrons. The van der Waals surface area contributed by atoms with Crippen molar-refractivity contribution in [3.8, 4) is 11.4 Å². The number of aromatic nitrogens is 4. The van der Waals surface area contributed by atoms with Gasteiger partial charge in [0.15, 0.2) is 0 Å². The number of carbonyl (C=O) groups is 2. The lowest BCUT2D eigenvalue weighted by Crippen LogP contribution is -2.51. The number of aryl methyl sites for hydroxylation is 1. The normalized spacial score (nSPS) is 17.9. The van der Waals surface area contributed by atoms with Crippen LogP contribution in [0.4, 0.5) is 0 Å². The van der Waals surface area contributed by atoms with Crippen molar-refractivity contribution in [1.82, 2.24) is 34.9 Å². The van der Waals surface area contributed by atoms with E-state index in [1.165, 1.54) is 12.8 Å². The third-order valence-electron chi connectivity index (χ3n) is 6.28. The van der Waals surface area contributed by atoms with E-state index in [0.717, 1.165) is 44.6 Å². The van der Waals surface area contributed by atoms with Crippen molar-refractivity contribution in [3.63, 3.8) is 0 Å². The van der Waals surface area contributed by atoms with Gasteiger partial charge in [0.1, 0.15) is 0 Å². The average molecular weight is 440 g/mol. The van der Waals surface area contributed by atoms with Gasteiger partial charge in [0, 0.05) is 51.3 Å². The zero-order valence-corrected chi connectivity index (χ0v) is 18.7. The standard InChI is InChI=1S/C23H33N7O2/c31-21(11-8-14-30-25-23(24-26-30)20-9-4-3-5-10-20)29-17-15-27(16-18-29)19-22(32)28-12-6-1-2-7-13-28/h3-5,9-10H,1-2,6-8,11-19H2. The minimum atomic E-state index is 0.159. The van der Waals surface area contributed by atoms with Crippen LogP contribution in [0.2, 0.25) is 0 Å². The second-order valence-corrected chi connectivity index (χ2v) is 8.63. The summed E-state index contributed by atoms with van der Waals surface area (Å²) in [6, 6.07) is 9.74. The molecule has 32 heavy (non-hydrogen) atoms. The van der Waals surface area contributed by atoms with Gasteiger partial charge >= 0.3 is 0 Å². The highest BCUT2D eigenvalue weighted by atomic mass is 16.2. The number of benzene rings is 1. The molecule has 2 amide bonds. The number of hydrogen-bond donors (Lipinski definition) is 0. The summed E-state index contributed by atoms with van der Waals surface area (Å²) in [6.07, 6.45) is 5.83. The summed E-state index contributed by atoms with van der Waals surface area (Å²) in [6.45, 7) is 5.72. The molecule has 0 atom stereocenters. The van der Waals surface area contributed by atoms with Gasteiger partial charge in [-0.15, -0.1) is 10.2 Å². The smallest absolute Gasteiger partial charge is 0.236 e. The molecule has 0 saturated carbocycles. The SMILES string of the molecule is O=C(CCCn1nnc(-c2ccccc2)n1)N1CCN(CC(=O)N2CCCCCC2)CC1. The first-order valence-electron chi connectivity index (χ1n) is 11.8. The summed E-state index contributed by atoms with van der Waals surface area (Å²) in [7, 11) is 0. The number of tetrazole rings is 1. The second kappa shape index (κ2) is 11.2.